The molecule has 1 unspecified atom stereocenters. The van der Waals surface area contributed by atoms with Gasteiger partial charge in [-0.2, -0.15) is 0 Å². The molecular formula is C11H19N3OS. The first-order valence-corrected chi connectivity index (χ1v) is 6.33. The minimum Gasteiger partial charge on any atom is -0.354 e. The molecule has 1 heterocycles. The van der Waals surface area contributed by atoms with Crippen LogP contribution in [-0.2, 0) is 4.79 Å². The topological polar surface area (TPSA) is 68.0 Å². The largest absolute Gasteiger partial charge is 0.354 e. The highest BCUT2D eigenvalue weighted by Gasteiger charge is 2.18. The van der Waals surface area contributed by atoms with E-state index < -0.39 is 6.04 Å². The highest BCUT2D eigenvalue weighted by molar-refractivity contribution is 7.09. The number of carbonyl (C=O) groups is 1. The summed E-state index contributed by atoms with van der Waals surface area (Å²) in [5, 5.41) is 5.83. The molecule has 0 fully saturated rings. The molecule has 0 saturated heterocycles. The Hall–Kier alpha value is -0.940. The number of thiazole rings is 1. The molecule has 0 saturated carbocycles. The molecule has 0 aliphatic rings. The standard InChI is InChI=1S/C11H19N3OS/c1-7(2)9(12)10(15)14-6-8(3)11-13-4-5-16-11/h4-5,7-9H,6,12H2,1-3H3,(H,14,15)/t8?,9-/m1/s1. The molecule has 0 bridgehead atoms. The van der Waals surface area contributed by atoms with Gasteiger partial charge in [0, 0.05) is 24.0 Å². The van der Waals surface area contributed by atoms with E-state index in [1.807, 2.05) is 26.2 Å². The average Bonchev–Trinajstić information content (AvgIpc) is 2.77. The van der Waals surface area contributed by atoms with Crippen molar-refractivity contribution in [2.24, 2.45) is 11.7 Å². The van der Waals surface area contributed by atoms with Crippen LogP contribution in [0.15, 0.2) is 11.6 Å². The maximum atomic E-state index is 11.6. The average molecular weight is 241 g/mol. The van der Waals surface area contributed by atoms with Crippen molar-refractivity contribution in [1.29, 1.82) is 0 Å². The van der Waals surface area contributed by atoms with Gasteiger partial charge in [0.05, 0.1) is 11.0 Å². The van der Waals surface area contributed by atoms with E-state index >= 15 is 0 Å². The molecule has 1 rings (SSSR count). The van der Waals surface area contributed by atoms with E-state index in [0.717, 1.165) is 5.01 Å². The van der Waals surface area contributed by atoms with Gasteiger partial charge in [-0.25, -0.2) is 4.98 Å². The first kappa shape index (κ1) is 13.1. The quantitative estimate of drug-likeness (QED) is 0.817. The summed E-state index contributed by atoms with van der Waals surface area (Å²) in [7, 11) is 0. The number of nitrogens with two attached hydrogens (primary N) is 1. The maximum absolute atomic E-state index is 11.6. The lowest BCUT2D eigenvalue weighted by molar-refractivity contribution is -0.123. The fourth-order valence-corrected chi connectivity index (χ4v) is 1.94. The van der Waals surface area contributed by atoms with Crippen LogP contribution in [0.1, 0.15) is 31.7 Å². The minimum atomic E-state index is -0.427. The van der Waals surface area contributed by atoms with Crippen molar-refractivity contribution >= 4 is 17.2 Å². The highest BCUT2D eigenvalue weighted by Crippen LogP contribution is 2.16. The molecule has 4 nitrogen and oxygen atoms in total. The molecule has 0 aromatic carbocycles. The second-order valence-electron chi connectivity index (χ2n) is 4.29. The van der Waals surface area contributed by atoms with Crippen LogP contribution in [0, 0.1) is 5.92 Å². The van der Waals surface area contributed by atoms with Crippen LogP contribution in [-0.4, -0.2) is 23.5 Å². The van der Waals surface area contributed by atoms with Crippen molar-refractivity contribution in [2.75, 3.05) is 6.54 Å². The van der Waals surface area contributed by atoms with Gasteiger partial charge in [-0.1, -0.05) is 20.8 Å². The second-order valence-corrected chi connectivity index (χ2v) is 5.21. The maximum Gasteiger partial charge on any atom is 0.237 e. The SMILES string of the molecule is CC(CNC(=O)[C@H](N)C(C)C)c1nccs1. The van der Waals surface area contributed by atoms with Gasteiger partial charge in [0.1, 0.15) is 0 Å². The van der Waals surface area contributed by atoms with Crippen molar-refractivity contribution in [3.8, 4) is 0 Å². The fourth-order valence-electron chi connectivity index (χ4n) is 1.24. The Kier molecular flexibility index (Phi) is 4.89. The van der Waals surface area contributed by atoms with Crippen molar-refractivity contribution in [2.45, 2.75) is 32.7 Å². The Balaban J connectivity index is 2.37. The monoisotopic (exact) mass is 241 g/mol. The van der Waals surface area contributed by atoms with Gasteiger partial charge in [-0.05, 0) is 5.92 Å². The lowest BCUT2D eigenvalue weighted by atomic mass is 10.0. The first-order valence-electron chi connectivity index (χ1n) is 5.45. The number of nitrogens with one attached hydrogen (secondary N) is 1. The molecule has 0 spiro atoms. The molecule has 2 atom stereocenters. The van der Waals surface area contributed by atoms with E-state index in [1.54, 1.807) is 17.5 Å². The number of hydrogen-bond acceptors (Lipinski definition) is 4. The van der Waals surface area contributed by atoms with E-state index in [2.05, 4.69) is 10.3 Å². The van der Waals surface area contributed by atoms with Gasteiger partial charge < -0.3 is 11.1 Å². The molecule has 0 aliphatic carbocycles. The summed E-state index contributed by atoms with van der Waals surface area (Å²) < 4.78 is 0. The Morgan fingerprint density at radius 3 is 2.75 bits per heavy atom. The van der Waals surface area contributed by atoms with Gasteiger partial charge in [-0.3, -0.25) is 4.79 Å². The molecule has 1 amide bonds. The number of amides is 1. The molecular weight excluding hydrogens is 222 g/mol. The zero-order valence-corrected chi connectivity index (χ0v) is 10.8. The van der Waals surface area contributed by atoms with Gasteiger partial charge in [0.15, 0.2) is 0 Å². The van der Waals surface area contributed by atoms with E-state index in [1.165, 1.54) is 0 Å². The normalized spacial score (nSPS) is 14.8. The van der Waals surface area contributed by atoms with E-state index in [-0.39, 0.29) is 17.7 Å². The molecule has 90 valence electrons. The molecule has 1 aromatic heterocycles. The van der Waals surface area contributed by atoms with Gasteiger partial charge in [-0.15, -0.1) is 11.3 Å². The third-order valence-electron chi connectivity index (χ3n) is 2.48. The fraction of sp³-hybridized carbons (Fsp3) is 0.636. The number of rotatable bonds is 5. The second kappa shape index (κ2) is 5.96. The third kappa shape index (κ3) is 3.57. The van der Waals surface area contributed by atoms with Gasteiger partial charge in [0.2, 0.25) is 5.91 Å². The number of hydrogen-bond donors (Lipinski definition) is 2. The predicted molar refractivity (Wildman–Crippen MR) is 66.4 cm³/mol. The summed E-state index contributed by atoms with van der Waals surface area (Å²) in [5.74, 6) is 0.317. The summed E-state index contributed by atoms with van der Waals surface area (Å²) >= 11 is 1.60. The Morgan fingerprint density at radius 2 is 2.25 bits per heavy atom. The van der Waals surface area contributed by atoms with Crippen LogP contribution in [0.25, 0.3) is 0 Å². The molecule has 0 aliphatic heterocycles. The van der Waals surface area contributed by atoms with Gasteiger partial charge >= 0.3 is 0 Å². The zero-order valence-electron chi connectivity index (χ0n) is 9.93. The number of aromatic nitrogens is 1. The summed E-state index contributed by atoms with van der Waals surface area (Å²) in [4.78, 5) is 15.8. The summed E-state index contributed by atoms with van der Waals surface area (Å²) in [6.45, 7) is 6.51. The first-order chi connectivity index (χ1) is 7.52. The van der Waals surface area contributed by atoms with E-state index in [4.69, 9.17) is 5.73 Å². The predicted octanol–water partition coefficient (Wildman–Crippen LogP) is 1.35. The third-order valence-corrected chi connectivity index (χ3v) is 3.48. The van der Waals surface area contributed by atoms with Crippen LogP contribution in [0.3, 0.4) is 0 Å². The van der Waals surface area contributed by atoms with Crippen LogP contribution >= 0.6 is 11.3 Å². The van der Waals surface area contributed by atoms with Crippen molar-refractivity contribution < 1.29 is 4.79 Å². The van der Waals surface area contributed by atoms with Crippen molar-refractivity contribution in [3.63, 3.8) is 0 Å². The summed E-state index contributed by atoms with van der Waals surface area (Å²) in [6, 6.07) is -0.427. The molecule has 5 heteroatoms. The minimum absolute atomic E-state index is 0.0848. The lowest BCUT2D eigenvalue weighted by Crippen LogP contribution is -2.44. The van der Waals surface area contributed by atoms with Crippen molar-refractivity contribution in [3.05, 3.63) is 16.6 Å². The smallest absolute Gasteiger partial charge is 0.237 e. The molecule has 16 heavy (non-hydrogen) atoms. The van der Waals surface area contributed by atoms with Crippen LogP contribution in [0.2, 0.25) is 0 Å². The van der Waals surface area contributed by atoms with Crippen LogP contribution in [0.4, 0.5) is 0 Å². The Morgan fingerprint density at radius 1 is 1.56 bits per heavy atom. The van der Waals surface area contributed by atoms with Crippen LogP contribution in [0.5, 0.6) is 0 Å². The van der Waals surface area contributed by atoms with E-state index in [0.29, 0.717) is 6.54 Å². The van der Waals surface area contributed by atoms with Crippen molar-refractivity contribution in [1.82, 2.24) is 10.3 Å². The highest BCUT2D eigenvalue weighted by atomic mass is 32.1. The zero-order chi connectivity index (χ0) is 12.1. The Bertz CT molecular complexity index is 324. The molecule has 1 aromatic rings. The molecule has 0 radical (unpaired) electrons. The van der Waals surface area contributed by atoms with Crippen LogP contribution < -0.4 is 11.1 Å². The van der Waals surface area contributed by atoms with E-state index in [9.17, 15) is 4.79 Å². The lowest BCUT2D eigenvalue weighted by Gasteiger charge is -2.16. The summed E-state index contributed by atoms with van der Waals surface area (Å²) in [6.07, 6.45) is 1.78. The summed E-state index contributed by atoms with van der Waals surface area (Å²) in [5.41, 5.74) is 5.74. The number of carbonyl (C=O) groups excluding carboxylic acids is 1. The Labute approximate surface area is 100 Å². The number of nitrogens with zero attached hydrogens (tertiary/aromatic N) is 1. The van der Waals surface area contributed by atoms with Gasteiger partial charge in [0.25, 0.3) is 0 Å². The molecule has 3 N–H and O–H groups in total.